The Kier molecular flexibility index (Phi) is 6.39. The summed E-state index contributed by atoms with van der Waals surface area (Å²) in [5, 5.41) is 17.1. The molecule has 0 unspecified atom stereocenters. The van der Waals surface area contributed by atoms with Gasteiger partial charge in [-0.3, -0.25) is 10.1 Å². The lowest BCUT2D eigenvalue weighted by molar-refractivity contribution is -0.384. The lowest BCUT2D eigenvalue weighted by Gasteiger charge is -2.12. The second-order valence-corrected chi connectivity index (χ2v) is 5.09. The third kappa shape index (κ3) is 4.85. The molecule has 0 saturated carbocycles. The molecule has 0 spiro atoms. The van der Waals surface area contributed by atoms with Crippen molar-refractivity contribution >= 4 is 11.4 Å². The van der Waals surface area contributed by atoms with Gasteiger partial charge in [-0.05, 0) is 18.2 Å². The van der Waals surface area contributed by atoms with Crippen LogP contribution >= 0.6 is 0 Å². The number of anilines is 1. The summed E-state index contributed by atoms with van der Waals surface area (Å²) < 4.78 is 10.5. The summed E-state index contributed by atoms with van der Waals surface area (Å²) in [6.45, 7) is 2.12. The summed E-state index contributed by atoms with van der Waals surface area (Å²) >= 11 is 0. The van der Waals surface area contributed by atoms with E-state index in [0.717, 1.165) is 29.3 Å². The largest absolute Gasteiger partial charge is 0.497 e. The highest BCUT2D eigenvalue weighted by atomic mass is 16.6. The molecule has 0 radical (unpaired) electrons. The maximum atomic E-state index is 10.6. The summed E-state index contributed by atoms with van der Waals surface area (Å²) in [5.74, 6) is 1.54. The van der Waals surface area contributed by atoms with Gasteiger partial charge in [0.05, 0.1) is 19.1 Å². The number of nitro groups is 1. The molecule has 0 aromatic heterocycles. The highest BCUT2D eigenvalue weighted by Gasteiger charge is 2.05. The van der Waals surface area contributed by atoms with Crippen LogP contribution in [0.4, 0.5) is 11.4 Å². The fourth-order valence-corrected chi connectivity index (χ4v) is 2.22. The third-order valence-electron chi connectivity index (χ3n) is 3.52. The van der Waals surface area contributed by atoms with Crippen LogP contribution < -0.4 is 20.1 Å². The van der Waals surface area contributed by atoms with E-state index in [4.69, 9.17) is 9.47 Å². The van der Waals surface area contributed by atoms with Crippen molar-refractivity contribution in [3.8, 4) is 11.5 Å². The number of hydrogen-bond acceptors (Lipinski definition) is 6. The van der Waals surface area contributed by atoms with E-state index in [0.29, 0.717) is 13.1 Å². The second kappa shape index (κ2) is 8.73. The lowest BCUT2D eigenvalue weighted by Crippen LogP contribution is -2.22. The molecule has 0 saturated heterocycles. The molecule has 0 aliphatic heterocycles. The van der Waals surface area contributed by atoms with Gasteiger partial charge in [0.1, 0.15) is 11.5 Å². The summed E-state index contributed by atoms with van der Waals surface area (Å²) in [6.07, 6.45) is 0. The van der Waals surface area contributed by atoms with Crippen molar-refractivity contribution in [2.24, 2.45) is 0 Å². The maximum absolute atomic E-state index is 10.6. The SMILES string of the molecule is COc1ccc(CNCCNc2ccc([N+](=O)[O-])cc2)c(OC)c1. The summed E-state index contributed by atoms with van der Waals surface area (Å²) in [4.78, 5) is 10.2. The Balaban J connectivity index is 1.76. The molecule has 0 aliphatic carbocycles. The van der Waals surface area contributed by atoms with E-state index in [1.807, 2.05) is 18.2 Å². The van der Waals surface area contributed by atoms with Gasteiger partial charge in [0, 0.05) is 49.1 Å². The van der Waals surface area contributed by atoms with Crippen LogP contribution in [0.15, 0.2) is 42.5 Å². The highest BCUT2D eigenvalue weighted by Crippen LogP contribution is 2.24. The monoisotopic (exact) mass is 331 g/mol. The molecular formula is C17H21N3O4. The zero-order chi connectivity index (χ0) is 17.4. The maximum Gasteiger partial charge on any atom is 0.269 e. The van der Waals surface area contributed by atoms with Gasteiger partial charge in [-0.1, -0.05) is 6.07 Å². The molecule has 0 fully saturated rings. The van der Waals surface area contributed by atoms with Gasteiger partial charge in [0.2, 0.25) is 0 Å². The Hall–Kier alpha value is -2.80. The zero-order valence-electron chi connectivity index (χ0n) is 13.7. The molecular weight excluding hydrogens is 310 g/mol. The van der Waals surface area contributed by atoms with Gasteiger partial charge in [-0.15, -0.1) is 0 Å². The van der Waals surface area contributed by atoms with Crippen LogP contribution in [0, 0.1) is 10.1 Å². The van der Waals surface area contributed by atoms with E-state index in [1.165, 1.54) is 12.1 Å². The molecule has 7 nitrogen and oxygen atoms in total. The van der Waals surface area contributed by atoms with Crippen molar-refractivity contribution in [1.29, 1.82) is 0 Å². The number of rotatable bonds is 9. The highest BCUT2D eigenvalue weighted by molar-refractivity contribution is 5.48. The van der Waals surface area contributed by atoms with Crippen molar-refractivity contribution in [2.75, 3.05) is 32.6 Å². The minimum Gasteiger partial charge on any atom is -0.497 e. The minimum absolute atomic E-state index is 0.0882. The van der Waals surface area contributed by atoms with E-state index in [1.54, 1.807) is 26.4 Å². The van der Waals surface area contributed by atoms with Crippen molar-refractivity contribution in [2.45, 2.75) is 6.54 Å². The number of nitro benzene ring substituents is 1. The average Bonchev–Trinajstić information content (AvgIpc) is 2.61. The average molecular weight is 331 g/mol. The first-order chi connectivity index (χ1) is 11.6. The van der Waals surface area contributed by atoms with Gasteiger partial charge in [0.15, 0.2) is 0 Å². The van der Waals surface area contributed by atoms with E-state index in [9.17, 15) is 10.1 Å². The summed E-state index contributed by atoms with van der Waals surface area (Å²) in [7, 11) is 3.25. The Labute approximate surface area is 140 Å². The van der Waals surface area contributed by atoms with Gasteiger partial charge >= 0.3 is 0 Å². The molecule has 2 N–H and O–H groups in total. The molecule has 24 heavy (non-hydrogen) atoms. The second-order valence-electron chi connectivity index (χ2n) is 5.09. The van der Waals surface area contributed by atoms with Crippen LogP contribution in [0.5, 0.6) is 11.5 Å². The fourth-order valence-electron chi connectivity index (χ4n) is 2.22. The molecule has 2 aromatic carbocycles. The number of hydrogen-bond donors (Lipinski definition) is 2. The number of nitrogens with one attached hydrogen (secondary N) is 2. The van der Waals surface area contributed by atoms with Gasteiger partial charge < -0.3 is 20.1 Å². The fraction of sp³-hybridized carbons (Fsp3) is 0.294. The normalized spacial score (nSPS) is 10.2. The molecule has 0 atom stereocenters. The van der Waals surface area contributed by atoms with Crippen LogP contribution in [0.25, 0.3) is 0 Å². The third-order valence-corrected chi connectivity index (χ3v) is 3.52. The molecule has 7 heteroatoms. The number of nitrogens with zero attached hydrogens (tertiary/aromatic N) is 1. The molecule has 0 amide bonds. The topological polar surface area (TPSA) is 85.7 Å². The Morgan fingerprint density at radius 1 is 1.04 bits per heavy atom. The molecule has 2 rings (SSSR count). The van der Waals surface area contributed by atoms with E-state index < -0.39 is 4.92 Å². The Morgan fingerprint density at radius 3 is 2.42 bits per heavy atom. The number of ether oxygens (including phenoxy) is 2. The van der Waals surface area contributed by atoms with Crippen molar-refractivity contribution in [3.05, 3.63) is 58.1 Å². The van der Waals surface area contributed by atoms with Crippen LogP contribution in [-0.2, 0) is 6.54 Å². The Bertz CT molecular complexity index is 674. The Morgan fingerprint density at radius 2 is 1.79 bits per heavy atom. The molecule has 0 aliphatic rings. The van der Waals surface area contributed by atoms with E-state index in [-0.39, 0.29) is 5.69 Å². The first-order valence-corrected chi connectivity index (χ1v) is 7.54. The van der Waals surface area contributed by atoms with Crippen LogP contribution in [-0.4, -0.2) is 32.2 Å². The van der Waals surface area contributed by atoms with Crippen molar-refractivity contribution in [1.82, 2.24) is 5.32 Å². The lowest BCUT2D eigenvalue weighted by atomic mass is 10.2. The number of non-ortho nitro benzene ring substituents is 1. The van der Waals surface area contributed by atoms with Gasteiger partial charge in [-0.25, -0.2) is 0 Å². The van der Waals surface area contributed by atoms with Crippen molar-refractivity contribution < 1.29 is 14.4 Å². The summed E-state index contributed by atoms with van der Waals surface area (Å²) in [5.41, 5.74) is 1.99. The quantitative estimate of drug-likeness (QED) is 0.417. The first-order valence-electron chi connectivity index (χ1n) is 7.54. The predicted octanol–water partition coefficient (Wildman–Crippen LogP) is 2.81. The van der Waals surface area contributed by atoms with Crippen LogP contribution in [0.2, 0.25) is 0 Å². The van der Waals surface area contributed by atoms with Crippen LogP contribution in [0.1, 0.15) is 5.56 Å². The molecule has 128 valence electrons. The summed E-state index contributed by atoms with van der Waals surface area (Å²) in [6, 6.07) is 12.1. The van der Waals surface area contributed by atoms with Gasteiger partial charge in [-0.2, -0.15) is 0 Å². The van der Waals surface area contributed by atoms with Crippen LogP contribution in [0.3, 0.4) is 0 Å². The predicted molar refractivity (Wildman–Crippen MR) is 92.8 cm³/mol. The standard InChI is InChI=1S/C17H21N3O4/c1-23-16-8-3-13(17(11-16)24-2)12-18-9-10-19-14-4-6-15(7-5-14)20(21)22/h3-8,11,18-19H,9-10,12H2,1-2H3. The smallest absolute Gasteiger partial charge is 0.269 e. The first kappa shape index (κ1) is 17.6. The van der Waals surface area contributed by atoms with E-state index in [2.05, 4.69) is 10.6 Å². The molecule has 2 aromatic rings. The van der Waals surface area contributed by atoms with Crippen molar-refractivity contribution in [3.63, 3.8) is 0 Å². The molecule has 0 bridgehead atoms. The zero-order valence-corrected chi connectivity index (χ0v) is 13.7. The number of methoxy groups -OCH3 is 2. The minimum atomic E-state index is -0.409. The molecule has 0 heterocycles. The van der Waals surface area contributed by atoms with E-state index >= 15 is 0 Å². The van der Waals surface area contributed by atoms with Gasteiger partial charge in [0.25, 0.3) is 5.69 Å². The number of benzene rings is 2.